The van der Waals surface area contributed by atoms with Crippen molar-refractivity contribution in [3.8, 4) is 11.5 Å². The molecule has 0 bridgehead atoms. The van der Waals surface area contributed by atoms with Gasteiger partial charge in [-0.1, -0.05) is 17.3 Å². The second-order valence-electron chi connectivity index (χ2n) is 4.64. The molecule has 0 amide bonds. The van der Waals surface area contributed by atoms with E-state index in [-0.39, 0.29) is 18.4 Å². The molecule has 1 N–H and O–H groups in total. The van der Waals surface area contributed by atoms with Gasteiger partial charge in [0.05, 0.1) is 11.6 Å². The minimum atomic E-state index is 0. The Bertz CT molecular complexity index is 577. The van der Waals surface area contributed by atoms with Gasteiger partial charge in [-0.15, -0.1) is 12.4 Å². The molecule has 0 radical (unpaired) electrons. The second-order valence-corrected chi connectivity index (χ2v) is 5.80. The lowest BCUT2D eigenvalue weighted by atomic mass is 10.2. The van der Waals surface area contributed by atoms with Gasteiger partial charge in [-0.05, 0) is 41.8 Å². The molecule has 5 nitrogen and oxygen atoms in total. The van der Waals surface area contributed by atoms with Crippen LogP contribution in [0.3, 0.4) is 0 Å². The molecule has 7 heteroatoms. The zero-order valence-corrected chi connectivity index (χ0v) is 14.0. The zero-order valence-electron chi connectivity index (χ0n) is 11.0. The highest BCUT2D eigenvalue weighted by molar-refractivity contribution is 14.1. The van der Waals surface area contributed by atoms with Crippen LogP contribution in [-0.2, 0) is 0 Å². The highest BCUT2D eigenvalue weighted by atomic mass is 127. The maximum atomic E-state index is 5.41. The third-order valence-electron chi connectivity index (χ3n) is 3.36. The first-order chi connectivity index (χ1) is 9.25. The van der Waals surface area contributed by atoms with E-state index in [4.69, 9.17) is 4.52 Å². The van der Waals surface area contributed by atoms with Crippen LogP contribution in [0.15, 0.2) is 28.8 Å². The topological polar surface area (TPSA) is 54.2 Å². The third kappa shape index (κ3) is 3.13. The normalized spacial score (nSPS) is 19.6. The summed E-state index contributed by atoms with van der Waals surface area (Å²) in [6.45, 7) is 2.87. The summed E-state index contributed by atoms with van der Waals surface area (Å²) < 4.78 is 6.53. The molecule has 108 valence electrons. The fourth-order valence-electron chi connectivity index (χ4n) is 2.21. The summed E-state index contributed by atoms with van der Waals surface area (Å²) >= 11 is 2.28. The van der Waals surface area contributed by atoms with Crippen LogP contribution in [0.25, 0.3) is 11.5 Å². The second kappa shape index (κ2) is 6.84. The van der Waals surface area contributed by atoms with E-state index in [2.05, 4.69) is 50.0 Å². The first kappa shape index (κ1) is 15.7. The number of hydrogen-bond acceptors (Lipinski definition) is 5. The molecule has 0 aliphatic carbocycles. The number of aromatic nitrogens is 2. The van der Waals surface area contributed by atoms with Gasteiger partial charge >= 0.3 is 0 Å². The summed E-state index contributed by atoms with van der Waals surface area (Å²) in [5, 5.41) is 7.50. The molecule has 0 spiro atoms. The van der Waals surface area contributed by atoms with Crippen LogP contribution in [0, 0.1) is 3.57 Å². The minimum absolute atomic E-state index is 0. The van der Waals surface area contributed by atoms with E-state index in [9.17, 15) is 0 Å². The number of halogens is 2. The van der Waals surface area contributed by atoms with Gasteiger partial charge < -0.3 is 9.84 Å². The first-order valence-electron chi connectivity index (χ1n) is 6.25. The summed E-state index contributed by atoms with van der Waals surface area (Å²) in [6.07, 6.45) is 0. The molecular weight excluding hydrogens is 391 g/mol. The van der Waals surface area contributed by atoms with Crippen LogP contribution < -0.4 is 5.32 Å². The molecule has 1 saturated heterocycles. The largest absolute Gasteiger partial charge is 0.334 e. The SMILES string of the molecule is CN1CCNCC1c1noc(-c2ccccc2I)n1.Cl. The molecule has 20 heavy (non-hydrogen) atoms. The number of hydrogen-bond donors (Lipinski definition) is 1. The van der Waals surface area contributed by atoms with Crippen LogP contribution in [0.5, 0.6) is 0 Å². The molecule has 0 saturated carbocycles. The fraction of sp³-hybridized carbons (Fsp3) is 0.385. The van der Waals surface area contributed by atoms with Crippen molar-refractivity contribution in [1.82, 2.24) is 20.4 Å². The monoisotopic (exact) mass is 406 g/mol. The van der Waals surface area contributed by atoms with Crippen molar-refractivity contribution in [1.29, 1.82) is 0 Å². The number of nitrogens with zero attached hydrogens (tertiary/aromatic N) is 3. The summed E-state index contributed by atoms with van der Waals surface area (Å²) in [5.41, 5.74) is 0.994. The lowest BCUT2D eigenvalue weighted by Crippen LogP contribution is -2.44. The van der Waals surface area contributed by atoms with Gasteiger partial charge in [0.2, 0.25) is 0 Å². The van der Waals surface area contributed by atoms with Crippen molar-refractivity contribution in [2.75, 3.05) is 26.7 Å². The summed E-state index contributed by atoms with van der Waals surface area (Å²) in [5.74, 6) is 1.35. The average Bonchev–Trinajstić information content (AvgIpc) is 2.89. The number of likely N-dealkylation sites (N-methyl/N-ethyl adjacent to an activating group) is 1. The number of benzene rings is 1. The Hall–Kier alpha value is -0.700. The molecule has 2 heterocycles. The van der Waals surface area contributed by atoms with Crippen molar-refractivity contribution in [3.05, 3.63) is 33.7 Å². The highest BCUT2D eigenvalue weighted by Crippen LogP contribution is 2.25. The molecule has 1 unspecified atom stereocenters. The number of piperazine rings is 1. The van der Waals surface area contributed by atoms with E-state index in [1.807, 2.05) is 24.3 Å². The molecule has 1 atom stereocenters. The molecule has 1 aromatic heterocycles. The van der Waals surface area contributed by atoms with Crippen LogP contribution >= 0.6 is 35.0 Å². The lowest BCUT2D eigenvalue weighted by molar-refractivity contribution is 0.190. The summed E-state index contributed by atoms with van der Waals surface area (Å²) in [6, 6.07) is 8.21. The Kier molecular flexibility index (Phi) is 5.36. The van der Waals surface area contributed by atoms with E-state index in [0.29, 0.717) is 5.89 Å². The predicted octanol–water partition coefficient (Wildman–Crippen LogP) is 2.34. The van der Waals surface area contributed by atoms with Gasteiger partial charge in [-0.3, -0.25) is 4.90 Å². The smallest absolute Gasteiger partial charge is 0.259 e. The average molecular weight is 407 g/mol. The quantitative estimate of drug-likeness (QED) is 0.776. The maximum absolute atomic E-state index is 5.41. The third-order valence-corrected chi connectivity index (χ3v) is 4.30. The minimum Gasteiger partial charge on any atom is -0.334 e. The Morgan fingerprint density at radius 3 is 2.95 bits per heavy atom. The molecule has 3 rings (SSSR count). The van der Waals surface area contributed by atoms with Gasteiger partial charge in [-0.25, -0.2) is 0 Å². The molecule has 1 fully saturated rings. The molecule has 1 aromatic carbocycles. The molecular formula is C13H16ClIN4O. The fourth-order valence-corrected chi connectivity index (χ4v) is 2.83. The van der Waals surface area contributed by atoms with Gasteiger partial charge in [-0.2, -0.15) is 4.98 Å². The van der Waals surface area contributed by atoms with Gasteiger partial charge in [0.1, 0.15) is 0 Å². The van der Waals surface area contributed by atoms with E-state index in [0.717, 1.165) is 34.6 Å². The Morgan fingerprint density at radius 1 is 1.40 bits per heavy atom. The van der Waals surface area contributed by atoms with Gasteiger partial charge in [0.15, 0.2) is 5.82 Å². The standard InChI is InChI=1S/C13H15IN4O.ClH/c1-18-7-6-15-8-11(18)12-16-13(19-17-12)9-4-2-3-5-10(9)14;/h2-5,11,15H,6-8H2,1H3;1H. The van der Waals surface area contributed by atoms with Crippen LogP contribution in [0.1, 0.15) is 11.9 Å². The van der Waals surface area contributed by atoms with Crippen molar-refractivity contribution in [2.24, 2.45) is 0 Å². The summed E-state index contributed by atoms with van der Waals surface area (Å²) in [7, 11) is 2.09. The van der Waals surface area contributed by atoms with E-state index in [1.54, 1.807) is 0 Å². The first-order valence-corrected chi connectivity index (χ1v) is 7.33. The molecule has 1 aliphatic rings. The Morgan fingerprint density at radius 2 is 2.20 bits per heavy atom. The lowest BCUT2D eigenvalue weighted by Gasteiger charge is -2.30. The van der Waals surface area contributed by atoms with E-state index in [1.165, 1.54) is 0 Å². The van der Waals surface area contributed by atoms with Crippen LogP contribution in [0.2, 0.25) is 0 Å². The van der Waals surface area contributed by atoms with Crippen LogP contribution in [0.4, 0.5) is 0 Å². The molecule has 2 aromatic rings. The van der Waals surface area contributed by atoms with E-state index < -0.39 is 0 Å². The highest BCUT2D eigenvalue weighted by Gasteiger charge is 2.25. The Balaban J connectivity index is 0.00000147. The van der Waals surface area contributed by atoms with Gasteiger partial charge in [0.25, 0.3) is 5.89 Å². The zero-order chi connectivity index (χ0) is 13.2. The van der Waals surface area contributed by atoms with Crippen molar-refractivity contribution in [2.45, 2.75) is 6.04 Å². The molecule has 1 aliphatic heterocycles. The van der Waals surface area contributed by atoms with E-state index >= 15 is 0 Å². The summed E-state index contributed by atoms with van der Waals surface area (Å²) in [4.78, 5) is 6.80. The van der Waals surface area contributed by atoms with Crippen LogP contribution in [-0.4, -0.2) is 41.7 Å². The van der Waals surface area contributed by atoms with Crippen molar-refractivity contribution >= 4 is 35.0 Å². The maximum Gasteiger partial charge on any atom is 0.259 e. The van der Waals surface area contributed by atoms with Crippen molar-refractivity contribution in [3.63, 3.8) is 0 Å². The number of rotatable bonds is 2. The Labute approximate surface area is 137 Å². The number of nitrogens with one attached hydrogen (secondary N) is 1. The van der Waals surface area contributed by atoms with Crippen molar-refractivity contribution < 1.29 is 4.52 Å². The predicted molar refractivity (Wildman–Crippen MR) is 87.9 cm³/mol. The van der Waals surface area contributed by atoms with Gasteiger partial charge in [0, 0.05) is 23.2 Å².